The van der Waals surface area contributed by atoms with E-state index in [0.717, 1.165) is 44.6 Å². The van der Waals surface area contributed by atoms with Gasteiger partial charge in [0.15, 0.2) is 5.58 Å². The van der Waals surface area contributed by atoms with E-state index in [9.17, 15) is 4.79 Å². The van der Waals surface area contributed by atoms with E-state index >= 15 is 0 Å². The van der Waals surface area contributed by atoms with Crippen molar-refractivity contribution >= 4 is 34.3 Å². The maximum atomic E-state index is 12.5. The van der Waals surface area contributed by atoms with E-state index < -0.39 is 0 Å². The summed E-state index contributed by atoms with van der Waals surface area (Å²) < 4.78 is 6.05. The number of oxazole rings is 1. The van der Waals surface area contributed by atoms with Crippen molar-refractivity contribution in [2.75, 3.05) is 5.32 Å². The van der Waals surface area contributed by atoms with Crippen LogP contribution in [0.1, 0.15) is 22.3 Å². The normalized spacial score (nSPS) is 11.0. The maximum Gasteiger partial charge on any atom is 0.228 e. The number of aromatic nitrogens is 1. The van der Waals surface area contributed by atoms with Crippen molar-refractivity contribution in [2.24, 2.45) is 0 Å². The van der Waals surface area contributed by atoms with Crippen LogP contribution in [0, 0.1) is 20.8 Å². The van der Waals surface area contributed by atoms with Crippen LogP contribution < -0.4 is 5.32 Å². The van der Waals surface area contributed by atoms with Crippen LogP contribution in [0.25, 0.3) is 22.6 Å². The topological polar surface area (TPSA) is 55.1 Å². The molecule has 0 aliphatic rings. The first kappa shape index (κ1) is 19.2. The van der Waals surface area contributed by atoms with Crippen molar-refractivity contribution in [3.8, 4) is 11.5 Å². The number of nitrogens with one attached hydrogen (secondary N) is 1. The average Bonchev–Trinajstić information content (AvgIpc) is 3.09. The molecule has 0 aliphatic carbocycles. The fraction of sp³-hybridized carbons (Fsp3) is 0.167. The summed E-state index contributed by atoms with van der Waals surface area (Å²) >= 11 is 5.91. The average molecular weight is 405 g/mol. The minimum absolute atomic E-state index is 0.0865. The number of rotatable bonds is 4. The molecule has 1 aromatic heterocycles. The van der Waals surface area contributed by atoms with Gasteiger partial charge in [0.2, 0.25) is 11.8 Å². The molecule has 1 amide bonds. The Morgan fingerprint density at radius 3 is 2.59 bits per heavy atom. The quantitative estimate of drug-likeness (QED) is 0.437. The maximum absolute atomic E-state index is 12.5. The number of carbonyl (C=O) groups is 1. The van der Waals surface area contributed by atoms with Gasteiger partial charge in [-0.25, -0.2) is 4.98 Å². The summed E-state index contributed by atoms with van der Waals surface area (Å²) in [4.78, 5) is 17.2. The van der Waals surface area contributed by atoms with Gasteiger partial charge in [0.05, 0.1) is 6.42 Å². The highest BCUT2D eigenvalue weighted by atomic mass is 35.5. The van der Waals surface area contributed by atoms with E-state index in [1.54, 1.807) is 12.1 Å². The molecule has 4 nitrogen and oxygen atoms in total. The van der Waals surface area contributed by atoms with Crippen LogP contribution in [-0.4, -0.2) is 10.9 Å². The Hall–Kier alpha value is -3.11. The number of fused-ring (bicyclic) bond motifs is 1. The highest BCUT2D eigenvalue weighted by Gasteiger charge is 2.15. The van der Waals surface area contributed by atoms with Gasteiger partial charge in [-0.3, -0.25) is 4.79 Å². The lowest BCUT2D eigenvalue weighted by Gasteiger charge is -2.11. The standard InChI is InChI=1S/C24H21ClN2O2/c1-14-11-15(2)23-21(12-14)27-24(29-23)19-5-4-6-20(16(19)3)26-22(28)13-17-7-9-18(25)10-8-17/h4-12H,13H2,1-3H3,(H,26,28). The molecule has 146 valence electrons. The highest BCUT2D eigenvalue weighted by Crippen LogP contribution is 2.32. The number of hydrogen-bond donors (Lipinski definition) is 1. The molecule has 3 aromatic carbocycles. The second-order valence-corrected chi connectivity index (χ2v) is 7.72. The molecule has 0 aliphatic heterocycles. The van der Waals surface area contributed by atoms with Crippen LogP contribution in [0.5, 0.6) is 0 Å². The number of nitrogens with zero attached hydrogens (tertiary/aromatic N) is 1. The number of aryl methyl sites for hydroxylation is 2. The zero-order valence-corrected chi connectivity index (χ0v) is 17.3. The van der Waals surface area contributed by atoms with E-state index in [1.165, 1.54) is 0 Å². The van der Waals surface area contributed by atoms with Gasteiger partial charge in [-0.2, -0.15) is 0 Å². The summed E-state index contributed by atoms with van der Waals surface area (Å²) in [6.07, 6.45) is 0.280. The summed E-state index contributed by atoms with van der Waals surface area (Å²) in [5, 5.41) is 3.65. The molecule has 1 heterocycles. The fourth-order valence-corrected chi connectivity index (χ4v) is 3.60. The van der Waals surface area contributed by atoms with Crippen LogP contribution in [0.15, 0.2) is 59.0 Å². The molecular formula is C24H21ClN2O2. The molecule has 0 unspecified atom stereocenters. The second kappa shape index (κ2) is 7.72. The first-order chi connectivity index (χ1) is 13.9. The van der Waals surface area contributed by atoms with Gasteiger partial charge >= 0.3 is 0 Å². The summed E-state index contributed by atoms with van der Waals surface area (Å²) in [5.74, 6) is 0.469. The number of hydrogen-bond acceptors (Lipinski definition) is 3. The minimum Gasteiger partial charge on any atom is -0.436 e. The van der Waals surface area contributed by atoms with Crippen LogP contribution >= 0.6 is 11.6 Å². The van der Waals surface area contributed by atoms with Crippen molar-refractivity contribution < 1.29 is 9.21 Å². The van der Waals surface area contributed by atoms with Gasteiger partial charge in [-0.1, -0.05) is 35.9 Å². The SMILES string of the molecule is Cc1cc(C)c2oc(-c3cccc(NC(=O)Cc4ccc(Cl)cc4)c3C)nc2c1. The Bertz CT molecular complexity index is 1210. The van der Waals surface area contributed by atoms with Gasteiger partial charge in [-0.05, 0) is 73.4 Å². The molecule has 0 fully saturated rings. The van der Waals surface area contributed by atoms with Crippen molar-refractivity contribution in [3.05, 3.63) is 81.9 Å². The Balaban J connectivity index is 1.61. The van der Waals surface area contributed by atoms with Gasteiger partial charge in [0, 0.05) is 16.3 Å². The lowest BCUT2D eigenvalue weighted by atomic mass is 10.1. The predicted molar refractivity (Wildman–Crippen MR) is 117 cm³/mol. The van der Waals surface area contributed by atoms with Crippen LogP contribution in [0.3, 0.4) is 0 Å². The lowest BCUT2D eigenvalue weighted by molar-refractivity contribution is -0.115. The van der Waals surface area contributed by atoms with E-state index in [4.69, 9.17) is 16.0 Å². The van der Waals surface area contributed by atoms with E-state index in [1.807, 2.05) is 57.2 Å². The molecule has 0 atom stereocenters. The van der Waals surface area contributed by atoms with Crippen molar-refractivity contribution in [2.45, 2.75) is 27.2 Å². The van der Waals surface area contributed by atoms with Gasteiger partial charge in [0.25, 0.3) is 0 Å². The zero-order valence-electron chi connectivity index (χ0n) is 16.5. The van der Waals surface area contributed by atoms with E-state index in [2.05, 4.69) is 16.4 Å². The Morgan fingerprint density at radius 2 is 1.83 bits per heavy atom. The summed E-state index contributed by atoms with van der Waals surface area (Å²) in [7, 11) is 0. The van der Waals surface area contributed by atoms with Crippen LogP contribution in [0.2, 0.25) is 5.02 Å². The number of anilines is 1. The van der Waals surface area contributed by atoms with E-state index in [-0.39, 0.29) is 12.3 Å². The molecule has 0 bridgehead atoms. The number of carbonyl (C=O) groups excluding carboxylic acids is 1. The Morgan fingerprint density at radius 1 is 1.07 bits per heavy atom. The third-order valence-corrected chi connectivity index (χ3v) is 5.19. The predicted octanol–water partition coefficient (Wildman–Crippen LogP) is 6.25. The van der Waals surface area contributed by atoms with Gasteiger partial charge in [-0.15, -0.1) is 0 Å². The van der Waals surface area contributed by atoms with Crippen LogP contribution in [0.4, 0.5) is 5.69 Å². The third-order valence-electron chi connectivity index (χ3n) is 4.94. The largest absolute Gasteiger partial charge is 0.436 e. The molecule has 5 heteroatoms. The molecule has 29 heavy (non-hydrogen) atoms. The van der Waals surface area contributed by atoms with Crippen molar-refractivity contribution in [1.82, 2.24) is 4.98 Å². The lowest BCUT2D eigenvalue weighted by Crippen LogP contribution is -2.15. The number of halogens is 1. The first-order valence-corrected chi connectivity index (χ1v) is 9.80. The molecule has 0 spiro atoms. The van der Waals surface area contributed by atoms with Crippen molar-refractivity contribution in [1.29, 1.82) is 0 Å². The molecule has 4 aromatic rings. The summed E-state index contributed by atoms with van der Waals surface area (Å²) in [6, 6.07) is 17.1. The third kappa shape index (κ3) is 4.03. The van der Waals surface area contributed by atoms with Crippen molar-refractivity contribution in [3.63, 3.8) is 0 Å². The smallest absolute Gasteiger partial charge is 0.228 e. The molecule has 1 N–H and O–H groups in total. The van der Waals surface area contributed by atoms with Crippen LogP contribution in [-0.2, 0) is 11.2 Å². The Kier molecular flexibility index (Phi) is 5.12. The molecule has 4 rings (SSSR count). The summed E-state index contributed by atoms with van der Waals surface area (Å²) in [6.45, 7) is 6.02. The Labute approximate surface area is 174 Å². The van der Waals surface area contributed by atoms with E-state index in [0.29, 0.717) is 10.9 Å². The molecule has 0 saturated heterocycles. The molecule has 0 saturated carbocycles. The number of benzene rings is 3. The monoisotopic (exact) mass is 404 g/mol. The highest BCUT2D eigenvalue weighted by molar-refractivity contribution is 6.30. The molecular weight excluding hydrogens is 384 g/mol. The first-order valence-electron chi connectivity index (χ1n) is 9.43. The van der Waals surface area contributed by atoms with Gasteiger partial charge < -0.3 is 9.73 Å². The summed E-state index contributed by atoms with van der Waals surface area (Å²) in [5.41, 5.74) is 7.28. The minimum atomic E-state index is -0.0865. The fourth-order valence-electron chi connectivity index (χ4n) is 3.48. The molecule has 0 radical (unpaired) electrons. The second-order valence-electron chi connectivity index (χ2n) is 7.28. The number of amides is 1. The zero-order chi connectivity index (χ0) is 20.5. The van der Waals surface area contributed by atoms with Gasteiger partial charge in [0.1, 0.15) is 5.52 Å².